The van der Waals surface area contributed by atoms with Gasteiger partial charge in [0.2, 0.25) is 0 Å². The molecule has 9 heteroatoms. The lowest BCUT2D eigenvalue weighted by atomic mass is 10.2. The summed E-state index contributed by atoms with van der Waals surface area (Å²) in [4.78, 5) is 0. The maximum absolute atomic E-state index is 12.1. The SMILES string of the molecule is CC(CC(F)(F)F)NS(=O)(=O)c1sccc1Br. The average Bonchev–Trinajstić information content (AvgIpc) is 2.46. The number of halogens is 4. The van der Waals surface area contributed by atoms with Crippen LogP contribution in [0.1, 0.15) is 13.3 Å². The third-order valence-electron chi connectivity index (χ3n) is 1.72. The molecule has 1 aromatic rings. The highest BCUT2D eigenvalue weighted by molar-refractivity contribution is 9.10. The Balaban J connectivity index is 2.78. The fourth-order valence-corrected chi connectivity index (χ4v) is 4.78. The summed E-state index contributed by atoms with van der Waals surface area (Å²) in [6, 6.07) is 0.321. The van der Waals surface area contributed by atoms with Gasteiger partial charge in [-0.25, -0.2) is 13.1 Å². The molecule has 1 rings (SSSR count). The van der Waals surface area contributed by atoms with Crippen LogP contribution in [0.2, 0.25) is 0 Å². The number of sulfonamides is 1. The van der Waals surface area contributed by atoms with Crippen LogP contribution in [0.4, 0.5) is 13.2 Å². The Labute approximate surface area is 109 Å². The summed E-state index contributed by atoms with van der Waals surface area (Å²) in [7, 11) is -3.90. The lowest BCUT2D eigenvalue weighted by molar-refractivity contribution is -0.137. The van der Waals surface area contributed by atoms with Crippen molar-refractivity contribution in [2.24, 2.45) is 0 Å². The molecule has 0 radical (unpaired) electrons. The van der Waals surface area contributed by atoms with Crippen LogP contribution < -0.4 is 4.72 Å². The molecule has 0 aliphatic rings. The Bertz CT molecular complexity index is 483. The van der Waals surface area contributed by atoms with Gasteiger partial charge < -0.3 is 0 Å². The van der Waals surface area contributed by atoms with Gasteiger partial charge in [-0.1, -0.05) is 0 Å². The third kappa shape index (κ3) is 4.57. The zero-order chi connectivity index (χ0) is 13.3. The van der Waals surface area contributed by atoms with E-state index < -0.39 is 28.7 Å². The van der Waals surface area contributed by atoms with Crippen molar-refractivity contribution < 1.29 is 21.6 Å². The standard InChI is InChI=1S/C8H9BrF3NO2S2/c1-5(4-8(10,11)12)13-17(14,15)7-6(9)2-3-16-7/h2-3,5,13H,4H2,1H3. The van der Waals surface area contributed by atoms with Gasteiger partial charge in [-0.05, 0) is 34.3 Å². The molecule has 0 aromatic carbocycles. The van der Waals surface area contributed by atoms with Gasteiger partial charge in [-0.3, -0.25) is 0 Å². The molecular weight excluding hydrogens is 343 g/mol. The molecule has 0 aliphatic heterocycles. The van der Waals surface area contributed by atoms with Crippen molar-refractivity contribution in [2.45, 2.75) is 29.8 Å². The quantitative estimate of drug-likeness (QED) is 0.905. The third-order valence-corrected chi connectivity index (χ3v) is 5.98. The minimum absolute atomic E-state index is 0.0217. The van der Waals surface area contributed by atoms with E-state index in [1.807, 2.05) is 4.72 Å². The van der Waals surface area contributed by atoms with Crippen molar-refractivity contribution in [2.75, 3.05) is 0 Å². The highest BCUT2D eigenvalue weighted by Crippen LogP contribution is 2.28. The van der Waals surface area contributed by atoms with Crippen molar-refractivity contribution in [3.05, 3.63) is 15.9 Å². The summed E-state index contributed by atoms with van der Waals surface area (Å²) in [5.41, 5.74) is 0. The van der Waals surface area contributed by atoms with Gasteiger partial charge in [0.15, 0.2) is 0 Å². The Kier molecular flexibility index (Phi) is 4.61. The zero-order valence-electron chi connectivity index (χ0n) is 8.58. The normalized spacial score (nSPS) is 14.9. The maximum atomic E-state index is 12.1. The molecule has 1 heterocycles. The topological polar surface area (TPSA) is 46.2 Å². The lowest BCUT2D eigenvalue weighted by Gasteiger charge is -2.15. The Hall–Kier alpha value is -0.120. The average molecular weight is 352 g/mol. The predicted octanol–water partition coefficient (Wildman–Crippen LogP) is 3.13. The van der Waals surface area contributed by atoms with Gasteiger partial charge in [0.25, 0.3) is 10.0 Å². The van der Waals surface area contributed by atoms with E-state index >= 15 is 0 Å². The summed E-state index contributed by atoms with van der Waals surface area (Å²) in [6.45, 7) is 1.17. The van der Waals surface area contributed by atoms with Crippen LogP contribution in [0.3, 0.4) is 0 Å². The van der Waals surface area contributed by atoms with E-state index in [-0.39, 0.29) is 4.21 Å². The smallest absolute Gasteiger partial charge is 0.207 e. The number of rotatable bonds is 4. The number of nitrogens with one attached hydrogen (secondary N) is 1. The summed E-state index contributed by atoms with van der Waals surface area (Å²) < 4.78 is 61.9. The van der Waals surface area contributed by atoms with Crippen LogP contribution in [0, 0.1) is 0 Å². The molecule has 1 atom stereocenters. The zero-order valence-corrected chi connectivity index (χ0v) is 11.8. The number of hydrogen-bond donors (Lipinski definition) is 1. The second-order valence-corrected chi connectivity index (χ2v) is 7.08. The summed E-state index contributed by atoms with van der Waals surface area (Å²) in [6.07, 6.45) is -5.59. The molecule has 1 unspecified atom stereocenters. The monoisotopic (exact) mass is 351 g/mol. The first-order chi connectivity index (χ1) is 7.62. The van der Waals surface area contributed by atoms with Crippen molar-refractivity contribution in [1.82, 2.24) is 4.72 Å². The Morgan fingerprint density at radius 1 is 1.53 bits per heavy atom. The van der Waals surface area contributed by atoms with Crippen molar-refractivity contribution >= 4 is 37.3 Å². The van der Waals surface area contributed by atoms with Crippen LogP contribution >= 0.6 is 27.3 Å². The van der Waals surface area contributed by atoms with E-state index in [4.69, 9.17) is 0 Å². The molecule has 3 nitrogen and oxygen atoms in total. The maximum Gasteiger partial charge on any atom is 0.390 e. The molecule has 0 saturated heterocycles. The van der Waals surface area contributed by atoms with E-state index in [1.54, 1.807) is 0 Å². The van der Waals surface area contributed by atoms with E-state index in [0.717, 1.165) is 11.3 Å². The summed E-state index contributed by atoms with van der Waals surface area (Å²) >= 11 is 3.96. The van der Waals surface area contributed by atoms with E-state index in [0.29, 0.717) is 4.47 Å². The molecule has 0 saturated carbocycles. The molecule has 98 valence electrons. The number of thiophene rings is 1. The van der Waals surface area contributed by atoms with Gasteiger partial charge in [0.1, 0.15) is 4.21 Å². The summed E-state index contributed by atoms with van der Waals surface area (Å²) in [5, 5.41) is 1.53. The molecule has 0 fully saturated rings. The molecule has 1 aromatic heterocycles. The minimum Gasteiger partial charge on any atom is -0.207 e. The summed E-state index contributed by atoms with van der Waals surface area (Å²) in [5.74, 6) is 0. The van der Waals surface area contributed by atoms with Crippen LogP contribution in [0.25, 0.3) is 0 Å². The van der Waals surface area contributed by atoms with Crippen LogP contribution in [0.15, 0.2) is 20.1 Å². The lowest BCUT2D eigenvalue weighted by Crippen LogP contribution is -2.35. The fourth-order valence-electron chi connectivity index (χ4n) is 1.18. The van der Waals surface area contributed by atoms with Gasteiger partial charge in [-0.2, -0.15) is 13.2 Å². The van der Waals surface area contributed by atoms with Crippen molar-refractivity contribution in [3.8, 4) is 0 Å². The first-order valence-corrected chi connectivity index (χ1v) is 7.59. The molecule has 0 bridgehead atoms. The van der Waals surface area contributed by atoms with Gasteiger partial charge >= 0.3 is 6.18 Å². The number of hydrogen-bond acceptors (Lipinski definition) is 3. The molecule has 1 N–H and O–H groups in total. The van der Waals surface area contributed by atoms with Crippen LogP contribution in [-0.4, -0.2) is 20.6 Å². The largest absolute Gasteiger partial charge is 0.390 e. The first-order valence-electron chi connectivity index (χ1n) is 4.44. The van der Waals surface area contributed by atoms with Gasteiger partial charge in [0, 0.05) is 10.5 Å². The van der Waals surface area contributed by atoms with Crippen molar-refractivity contribution in [3.63, 3.8) is 0 Å². The highest BCUT2D eigenvalue weighted by Gasteiger charge is 2.32. The second kappa shape index (κ2) is 5.25. The molecule has 0 amide bonds. The first kappa shape index (κ1) is 14.9. The van der Waals surface area contributed by atoms with Gasteiger partial charge in [0.05, 0.1) is 6.42 Å². The van der Waals surface area contributed by atoms with Crippen LogP contribution in [-0.2, 0) is 10.0 Å². The minimum atomic E-state index is -4.39. The second-order valence-electron chi connectivity index (χ2n) is 3.40. The Morgan fingerprint density at radius 3 is 2.53 bits per heavy atom. The number of alkyl halides is 3. The molecule has 0 spiro atoms. The van der Waals surface area contributed by atoms with E-state index in [1.165, 1.54) is 18.4 Å². The van der Waals surface area contributed by atoms with E-state index in [9.17, 15) is 21.6 Å². The molecule has 0 aliphatic carbocycles. The molecule has 17 heavy (non-hydrogen) atoms. The van der Waals surface area contributed by atoms with Gasteiger partial charge in [-0.15, -0.1) is 11.3 Å². The van der Waals surface area contributed by atoms with Crippen LogP contribution in [0.5, 0.6) is 0 Å². The molecular formula is C8H9BrF3NO2S2. The van der Waals surface area contributed by atoms with E-state index in [2.05, 4.69) is 15.9 Å². The van der Waals surface area contributed by atoms with Crippen molar-refractivity contribution in [1.29, 1.82) is 0 Å². The highest BCUT2D eigenvalue weighted by atomic mass is 79.9. The Morgan fingerprint density at radius 2 is 2.12 bits per heavy atom. The fraction of sp³-hybridized carbons (Fsp3) is 0.500. The predicted molar refractivity (Wildman–Crippen MR) is 62.5 cm³/mol.